The van der Waals surface area contributed by atoms with Crippen LogP contribution in [0, 0.1) is 26.6 Å². The summed E-state index contributed by atoms with van der Waals surface area (Å²) < 4.78 is 13.6. The molecule has 1 aliphatic rings. The van der Waals surface area contributed by atoms with Gasteiger partial charge in [0, 0.05) is 12.2 Å². The summed E-state index contributed by atoms with van der Waals surface area (Å²) in [6.45, 7) is 7.01. The number of nitrogens with two attached hydrogens (primary N) is 1. The van der Waals surface area contributed by atoms with Crippen molar-refractivity contribution in [2.24, 2.45) is 5.73 Å². The predicted octanol–water partition coefficient (Wildman–Crippen LogP) is 4.88. The fraction of sp³-hybridized carbons (Fsp3) is 0.321. The summed E-state index contributed by atoms with van der Waals surface area (Å²) in [4.78, 5) is 13.0. The number of fused-ring (bicyclic) bond motifs is 1. The molecule has 0 radical (unpaired) electrons. The number of aryl methyl sites for hydroxylation is 3. The molecule has 5 heteroatoms. The van der Waals surface area contributed by atoms with E-state index < -0.39 is 6.04 Å². The maximum Gasteiger partial charge on any atom is 0.237 e. The van der Waals surface area contributed by atoms with E-state index in [-0.39, 0.29) is 17.8 Å². The van der Waals surface area contributed by atoms with Crippen LogP contribution in [0.4, 0.5) is 10.1 Å². The maximum atomic E-state index is 13.6. The fourth-order valence-corrected chi connectivity index (χ4v) is 4.83. The van der Waals surface area contributed by atoms with E-state index in [2.05, 4.69) is 55.7 Å². The standard InChI is InChI=1S/C28H32FN3O/c1-17-11-18(2)23(19(3)12-17)16-25(30)28(33)32-27-9-10-31-26-8-7-21(15-24(26)27)13-20-5-4-6-22(29)14-20/h4-8,11-12,14-15,25,27,31H,9-10,13,16,30H2,1-3H3,(H,32,33)/t25-,27+/m0/s1. The van der Waals surface area contributed by atoms with Crippen LogP contribution in [0.15, 0.2) is 54.6 Å². The van der Waals surface area contributed by atoms with Gasteiger partial charge in [0.1, 0.15) is 5.82 Å². The highest BCUT2D eigenvalue weighted by molar-refractivity contribution is 5.82. The van der Waals surface area contributed by atoms with Crippen molar-refractivity contribution in [1.82, 2.24) is 5.32 Å². The summed E-state index contributed by atoms with van der Waals surface area (Å²) >= 11 is 0. The van der Waals surface area contributed by atoms with Gasteiger partial charge in [0.05, 0.1) is 12.1 Å². The maximum absolute atomic E-state index is 13.6. The molecule has 0 aromatic heterocycles. The SMILES string of the molecule is Cc1cc(C)c(C[C@H](N)C(=O)N[C@@H]2CCNc3ccc(Cc4cccc(F)c4)cc32)c(C)c1. The summed E-state index contributed by atoms with van der Waals surface area (Å²) in [5.41, 5.74) is 15.1. The van der Waals surface area contributed by atoms with Gasteiger partial charge in [-0.2, -0.15) is 0 Å². The second-order valence-corrected chi connectivity index (χ2v) is 9.19. The molecule has 1 aliphatic heterocycles. The van der Waals surface area contributed by atoms with Crippen LogP contribution in [-0.2, 0) is 17.6 Å². The van der Waals surface area contributed by atoms with Gasteiger partial charge in [-0.05, 0) is 91.6 Å². The second-order valence-electron chi connectivity index (χ2n) is 9.19. The Morgan fingerprint density at radius 1 is 1.09 bits per heavy atom. The van der Waals surface area contributed by atoms with Crippen LogP contribution in [0.2, 0.25) is 0 Å². The minimum absolute atomic E-state index is 0.104. The van der Waals surface area contributed by atoms with Gasteiger partial charge in [-0.1, -0.05) is 42.0 Å². The van der Waals surface area contributed by atoms with E-state index >= 15 is 0 Å². The van der Waals surface area contributed by atoms with Crippen LogP contribution in [0.3, 0.4) is 0 Å². The molecule has 0 aliphatic carbocycles. The van der Waals surface area contributed by atoms with Crippen LogP contribution in [0.25, 0.3) is 0 Å². The Bertz CT molecular complexity index is 1150. The number of anilines is 1. The number of carbonyl (C=O) groups is 1. The summed E-state index contributed by atoms with van der Waals surface area (Å²) in [6.07, 6.45) is 1.94. The molecule has 4 nitrogen and oxygen atoms in total. The number of halogens is 1. The van der Waals surface area contributed by atoms with Crippen molar-refractivity contribution in [3.8, 4) is 0 Å². The van der Waals surface area contributed by atoms with Crippen molar-refractivity contribution in [1.29, 1.82) is 0 Å². The number of hydrogen-bond donors (Lipinski definition) is 3. The lowest BCUT2D eigenvalue weighted by Gasteiger charge is -2.29. The van der Waals surface area contributed by atoms with Gasteiger partial charge in [-0.15, -0.1) is 0 Å². The van der Waals surface area contributed by atoms with Gasteiger partial charge in [0.2, 0.25) is 5.91 Å². The van der Waals surface area contributed by atoms with E-state index in [4.69, 9.17) is 5.73 Å². The van der Waals surface area contributed by atoms with Crippen LogP contribution >= 0.6 is 0 Å². The van der Waals surface area contributed by atoms with Crippen molar-refractivity contribution in [2.75, 3.05) is 11.9 Å². The first-order valence-electron chi connectivity index (χ1n) is 11.5. The van der Waals surface area contributed by atoms with Crippen molar-refractivity contribution >= 4 is 11.6 Å². The van der Waals surface area contributed by atoms with E-state index in [9.17, 15) is 9.18 Å². The molecule has 172 valence electrons. The van der Waals surface area contributed by atoms with Crippen LogP contribution in [0.1, 0.15) is 51.4 Å². The molecule has 33 heavy (non-hydrogen) atoms. The molecule has 0 fully saturated rings. The molecule has 0 bridgehead atoms. The zero-order chi connectivity index (χ0) is 23.5. The average Bonchev–Trinajstić information content (AvgIpc) is 2.76. The molecule has 4 rings (SSSR count). The number of nitrogens with one attached hydrogen (secondary N) is 2. The Balaban J connectivity index is 1.48. The van der Waals surface area contributed by atoms with Crippen LogP contribution in [-0.4, -0.2) is 18.5 Å². The van der Waals surface area contributed by atoms with Crippen molar-refractivity contribution in [3.05, 3.63) is 99.4 Å². The average molecular weight is 446 g/mol. The van der Waals surface area contributed by atoms with E-state index in [0.717, 1.165) is 40.9 Å². The number of rotatable bonds is 6. The molecule has 0 spiro atoms. The molecule has 0 unspecified atom stereocenters. The van der Waals surface area contributed by atoms with E-state index in [0.29, 0.717) is 12.8 Å². The van der Waals surface area contributed by atoms with Gasteiger partial charge in [0.15, 0.2) is 0 Å². The second kappa shape index (κ2) is 9.75. The Morgan fingerprint density at radius 2 is 1.82 bits per heavy atom. The highest BCUT2D eigenvalue weighted by Gasteiger charge is 2.25. The summed E-state index contributed by atoms with van der Waals surface area (Å²) in [5, 5.41) is 6.59. The molecule has 3 aromatic carbocycles. The Labute approximate surface area is 195 Å². The molecule has 1 amide bonds. The van der Waals surface area contributed by atoms with Gasteiger partial charge in [-0.3, -0.25) is 4.79 Å². The Morgan fingerprint density at radius 3 is 2.55 bits per heavy atom. The van der Waals surface area contributed by atoms with Crippen molar-refractivity contribution < 1.29 is 9.18 Å². The lowest BCUT2D eigenvalue weighted by atomic mass is 9.92. The zero-order valence-corrected chi connectivity index (χ0v) is 19.5. The highest BCUT2D eigenvalue weighted by atomic mass is 19.1. The first-order valence-corrected chi connectivity index (χ1v) is 11.5. The monoisotopic (exact) mass is 445 g/mol. The number of amides is 1. The molecule has 0 saturated heterocycles. The van der Waals surface area contributed by atoms with Gasteiger partial charge < -0.3 is 16.4 Å². The van der Waals surface area contributed by atoms with Crippen molar-refractivity contribution in [3.63, 3.8) is 0 Å². The molecule has 2 atom stereocenters. The first-order chi connectivity index (χ1) is 15.8. The molecule has 4 N–H and O–H groups in total. The largest absolute Gasteiger partial charge is 0.385 e. The summed E-state index contributed by atoms with van der Waals surface area (Å²) in [7, 11) is 0. The smallest absolute Gasteiger partial charge is 0.237 e. The van der Waals surface area contributed by atoms with E-state index in [1.165, 1.54) is 22.8 Å². The topological polar surface area (TPSA) is 67.2 Å². The minimum Gasteiger partial charge on any atom is -0.385 e. The molecular formula is C28H32FN3O. The highest BCUT2D eigenvalue weighted by Crippen LogP contribution is 2.31. The quantitative estimate of drug-likeness (QED) is 0.506. The Hall–Kier alpha value is -3.18. The third-order valence-electron chi connectivity index (χ3n) is 6.45. The number of carbonyl (C=O) groups excluding carboxylic acids is 1. The summed E-state index contributed by atoms with van der Waals surface area (Å²) in [5.74, 6) is -0.368. The first kappa shape index (κ1) is 23.0. The van der Waals surface area contributed by atoms with Gasteiger partial charge in [0.25, 0.3) is 0 Å². The lowest BCUT2D eigenvalue weighted by molar-refractivity contribution is -0.123. The zero-order valence-electron chi connectivity index (χ0n) is 19.5. The van der Waals surface area contributed by atoms with Gasteiger partial charge >= 0.3 is 0 Å². The third kappa shape index (κ3) is 5.42. The molecule has 1 heterocycles. The normalized spacial score (nSPS) is 16.0. The minimum atomic E-state index is -0.612. The number of benzene rings is 3. The lowest BCUT2D eigenvalue weighted by Crippen LogP contribution is -2.44. The number of hydrogen-bond acceptors (Lipinski definition) is 3. The van der Waals surface area contributed by atoms with Gasteiger partial charge in [-0.25, -0.2) is 4.39 Å². The van der Waals surface area contributed by atoms with Crippen LogP contribution in [0.5, 0.6) is 0 Å². The van der Waals surface area contributed by atoms with Crippen molar-refractivity contribution in [2.45, 2.75) is 52.1 Å². The fourth-order valence-electron chi connectivity index (χ4n) is 4.83. The molecular weight excluding hydrogens is 413 g/mol. The summed E-state index contributed by atoms with van der Waals surface area (Å²) in [6, 6.07) is 16.4. The molecule has 0 saturated carbocycles. The van der Waals surface area contributed by atoms with Crippen LogP contribution < -0.4 is 16.4 Å². The Kier molecular flexibility index (Phi) is 6.80. The molecule has 3 aromatic rings. The van der Waals surface area contributed by atoms with E-state index in [1.807, 2.05) is 12.1 Å². The van der Waals surface area contributed by atoms with E-state index in [1.54, 1.807) is 12.1 Å². The third-order valence-corrected chi connectivity index (χ3v) is 6.45. The predicted molar refractivity (Wildman–Crippen MR) is 132 cm³/mol.